The standard InChI is InChI=1S/C54H74O8/c1-7-20-54(60)22-19-42-39-12-9-34-26-36(55)11-13-38(34)49(39)40(30-52(42,54)5)33-10-16-46(32(3)25-33)62-24-23-61-37-18-21-51(4)35(27-37)28-45(56)50-43-15-14-41(31(2)8-17-48(58)59)53(43,6)47(57)29-44(50)51/h10,16,25-26,31,35,37,39-45,47,50,56-57,60H,8-9,11-15,17-19,21-24,27-30H2,1-6H3,(H,58,59)/t31-,35?,37+,39?,40+,41-,42?,43+,44+,45-,47+,50+,51+,52+,53-,54+/m1/s1. The summed E-state index contributed by atoms with van der Waals surface area (Å²) in [6.07, 6.45) is 14.3. The Kier molecular flexibility index (Phi) is 11.8. The fourth-order valence-electron chi connectivity index (χ4n) is 16.6. The van der Waals surface area contributed by atoms with Gasteiger partial charge in [-0.3, -0.25) is 9.59 Å². The first-order valence-corrected chi connectivity index (χ1v) is 24.6. The Morgan fingerprint density at radius 2 is 1.76 bits per heavy atom. The van der Waals surface area contributed by atoms with E-state index in [-0.39, 0.29) is 70.1 Å². The van der Waals surface area contributed by atoms with Gasteiger partial charge >= 0.3 is 5.97 Å². The second-order valence-corrected chi connectivity index (χ2v) is 22.4. The molecule has 4 N–H and O–H groups in total. The minimum Gasteiger partial charge on any atom is -0.491 e. The van der Waals surface area contributed by atoms with Crippen LogP contribution in [0.3, 0.4) is 0 Å². The number of fused-ring (bicyclic) bond motifs is 9. The molecule has 9 rings (SSSR count). The maximum absolute atomic E-state index is 12.5. The summed E-state index contributed by atoms with van der Waals surface area (Å²) in [7, 11) is 0. The third-order valence-corrected chi connectivity index (χ3v) is 19.8. The van der Waals surface area contributed by atoms with E-state index in [9.17, 15) is 30.0 Å². The van der Waals surface area contributed by atoms with Gasteiger partial charge in [-0.15, -0.1) is 5.92 Å². The van der Waals surface area contributed by atoms with Crippen molar-refractivity contribution in [1.29, 1.82) is 0 Å². The van der Waals surface area contributed by atoms with Gasteiger partial charge in [-0.2, -0.15) is 0 Å². The Morgan fingerprint density at radius 1 is 0.952 bits per heavy atom. The van der Waals surface area contributed by atoms with Crippen LogP contribution in [0, 0.1) is 82.4 Å². The number of ether oxygens (including phenoxy) is 2. The average molecular weight is 851 g/mol. The van der Waals surface area contributed by atoms with Crippen molar-refractivity contribution in [2.75, 3.05) is 13.2 Å². The molecule has 8 nitrogen and oxygen atoms in total. The number of carbonyl (C=O) groups excluding carboxylic acids is 1. The second kappa shape index (κ2) is 16.5. The van der Waals surface area contributed by atoms with E-state index in [0.717, 1.165) is 88.4 Å². The number of carboxylic acid groups (broad SMARTS) is 1. The predicted octanol–water partition coefficient (Wildman–Crippen LogP) is 9.51. The Bertz CT molecular complexity index is 2060. The van der Waals surface area contributed by atoms with E-state index in [1.807, 2.05) is 13.0 Å². The summed E-state index contributed by atoms with van der Waals surface area (Å²) in [5, 5.41) is 45.3. The Hall–Kier alpha value is -2.96. The van der Waals surface area contributed by atoms with Crippen LogP contribution in [0.1, 0.15) is 154 Å². The number of hydrogen-bond acceptors (Lipinski definition) is 7. The van der Waals surface area contributed by atoms with Crippen molar-refractivity contribution in [3.63, 3.8) is 0 Å². The van der Waals surface area contributed by atoms with Crippen LogP contribution < -0.4 is 4.74 Å². The number of benzene rings is 1. The molecule has 0 bridgehead atoms. The molecule has 0 radical (unpaired) electrons. The van der Waals surface area contributed by atoms with E-state index in [4.69, 9.17) is 9.47 Å². The molecule has 8 aliphatic carbocycles. The number of aliphatic carboxylic acids is 1. The number of allylic oxidation sites excluding steroid dienone is 4. The molecule has 338 valence electrons. The molecule has 8 heteroatoms. The Balaban J connectivity index is 0.842. The van der Waals surface area contributed by atoms with E-state index < -0.39 is 23.8 Å². The SMILES string of the molecule is CC#C[C@]1(O)CCC2C3CCC4=CC(=O)CCC4=C3[C@H](c3ccc(OCCO[C@H]4CC[C@@]5(C)C(C4)C[C@@H](O)[C@H]4[C@@H]6CC[C@H]([C@H](C)CCC(=O)O)[C@@]6(C)[C@@H](O)C[C@@H]45)c(C)c3)C[C@@]21C. The van der Waals surface area contributed by atoms with Crippen LogP contribution in [-0.2, 0) is 14.3 Å². The van der Waals surface area contributed by atoms with Crippen molar-refractivity contribution in [3.8, 4) is 17.6 Å². The first-order chi connectivity index (χ1) is 29.5. The molecule has 0 aliphatic heterocycles. The number of carboxylic acids is 1. The number of aryl methyl sites for hydroxylation is 1. The van der Waals surface area contributed by atoms with Crippen LogP contribution in [0.4, 0.5) is 0 Å². The summed E-state index contributed by atoms with van der Waals surface area (Å²) in [4.78, 5) is 23.9. The van der Waals surface area contributed by atoms with Crippen molar-refractivity contribution >= 4 is 11.8 Å². The van der Waals surface area contributed by atoms with Crippen LogP contribution in [0.2, 0.25) is 0 Å². The normalized spacial score (nSPS) is 43.7. The number of aliphatic hydroxyl groups is 3. The third-order valence-electron chi connectivity index (χ3n) is 19.8. The van der Waals surface area contributed by atoms with E-state index >= 15 is 0 Å². The number of aliphatic hydroxyl groups excluding tert-OH is 2. The lowest BCUT2D eigenvalue weighted by Crippen LogP contribution is -2.62. The molecule has 62 heavy (non-hydrogen) atoms. The number of hydrogen-bond donors (Lipinski definition) is 4. The number of ketones is 1. The van der Waals surface area contributed by atoms with Gasteiger partial charge in [-0.1, -0.05) is 51.3 Å². The first-order valence-electron chi connectivity index (χ1n) is 24.6. The quantitative estimate of drug-likeness (QED) is 0.135. The maximum atomic E-state index is 12.5. The van der Waals surface area contributed by atoms with Crippen molar-refractivity contribution in [3.05, 3.63) is 52.1 Å². The second-order valence-electron chi connectivity index (χ2n) is 22.4. The molecular weight excluding hydrogens is 777 g/mol. The molecule has 0 aromatic heterocycles. The van der Waals surface area contributed by atoms with Gasteiger partial charge in [-0.25, -0.2) is 0 Å². The third kappa shape index (κ3) is 7.08. The highest BCUT2D eigenvalue weighted by molar-refractivity contribution is 5.93. The molecule has 1 aromatic carbocycles. The summed E-state index contributed by atoms with van der Waals surface area (Å²) in [5.74, 6) is 9.15. The zero-order valence-electron chi connectivity index (χ0n) is 38.4. The van der Waals surface area contributed by atoms with E-state index in [1.165, 1.54) is 22.3 Å². The zero-order chi connectivity index (χ0) is 43.9. The Morgan fingerprint density at radius 3 is 2.52 bits per heavy atom. The number of rotatable bonds is 10. The molecule has 0 spiro atoms. The van der Waals surface area contributed by atoms with Gasteiger partial charge in [0.1, 0.15) is 18.0 Å². The monoisotopic (exact) mass is 851 g/mol. The van der Waals surface area contributed by atoms with Crippen LogP contribution in [0.15, 0.2) is 41.0 Å². The fourth-order valence-corrected chi connectivity index (χ4v) is 16.6. The zero-order valence-corrected chi connectivity index (χ0v) is 38.4. The summed E-state index contributed by atoms with van der Waals surface area (Å²) in [5.41, 5.74) is 4.95. The summed E-state index contributed by atoms with van der Waals surface area (Å²) in [6, 6.07) is 6.64. The lowest BCUT2D eigenvalue weighted by Gasteiger charge is -2.63. The van der Waals surface area contributed by atoms with Crippen molar-refractivity contribution in [1.82, 2.24) is 0 Å². The summed E-state index contributed by atoms with van der Waals surface area (Å²) < 4.78 is 13.0. The van der Waals surface area contributed by atoms with Gasteiger partial charge < -0.3 is 29.9 Å². The molecule has 1 aromatic rings. The highest BCUT2D eigenvalue weighted by Gasteiger charge is 2.66. The number of carbonyl (C=O) groups is 2. The molecule has 0 amide bonds. The van der Waals surface area contributed by atoms with Crippen molar-refractivity contribution < 1.29 is 39.5 Å². The van der Waals surface area contributed by atoms with Gasteiger partial charge in [0, 0.05) is 24.2 Å². The fraction of sp³-hybridized carbons (Fsp3) is 0.741. The minimum absolute atomic E-state index is 0.0473. The average Bonchev–Trinajstić information content (AvgIpc) is 3.72. The van der Waals surface area contributed by atoms with Gasteiger partial charge in [-0.05, 0) is 196 Å². The molecule has 6 fully saturated rings. The summed E-state index contributed by atoms with van der Waals surface area (Å²) >= 11 is 0. The van der Waals surface area contributed by atoms with Gasteiger partial charge in [0.05, 0.1) is 24.9 Å². The van der Waals surface area contributed by atoms with Crippen molar-refractivity contribution in [2.45, 2.75) is 174 Å². The highest BCUT2D eigenvalue weighted by atomic mass is 16.5. The molecule has 0 saturated heterocycles. The lowest BCUT2D eigenvalue weighted by atomic mass is 9.43. The van der Waals surface area contributed by atoms with Gasteiger partial charge in [0.15, 0.2) is 5.78 Å². The van der Waals surface area contributed by atoms with Crippen LogP contribution >= 0.6 is 0 Å². The lowest BCUT2D eigenvalue weighted by molar-refractivity contribution is -0.209. The smallest absolute Gasteiger partial charge is 0.303 e. The first kappa shape index (κ1) is 44.3. The molecule has 0 heterocycles. The van der Waals surface area contributed by atoms with Crippen molar-refractivity contribution in [2.24, 2.45) is 63.6 Å². The van der Waals surface area contributed by atoms with Crippen LogP contribution in [0.5, 0.6) is 5.75 Å². The van der Waals surface area contributed by atoms with Gasteiger partial charge in [0.25, 0.3) is 0 Å². The molecule has 3 unspecified atom stereocenters. The summed E-state index contributed by atoms with van der Waals surface area (Å²) in [6.45, 7) is 14.1. The predicted molar refractivity (Wildman–Crippen MR) is 239 cm³/mol. The maximum Gasteiger partial charge on any atom is 0.303 e. The molecular formula is C54H74O8. The molecule has 8 aliphatic rings. The topological polar surface area (TPSA) is 134 Å². The Labute approximate surface area is 370 Å². The van der Waals surface area contributed by atoms with Crippen LogP contribution in [-0.4, -0.2) is 69.3 Å². The highest BCUT2D eigenvalue weighted by Crippen LogP contribution is 2.69. The largest absolute Gasteiger partial charge is 0.491 e. The minimum atomic E-state index is -1.00. The molecule has 16 atom stereocenters. The van der Waals surface area contributed by atoms with Gasteiger partial charge in [0.2, 0.25) is 0 Å². The van der Waals surface area contributed by atoms with E-state index in [0.29, 0.717) is 50.2 Å². The van der Waals surface area contributed by atoms with E-state index in [2.05, 4.69) is 64.7 Å². The van der Waals surface area contributed by atoms with Crippen LogP contribution in [0.25, 0.3) is 0 Å². The van der Waals surface area contributed by atoms with E-state index in [1.54, 1.807) is 0 Å². The molecule has 6 saturated carbocycles.